The Morgan fingerprint density at radius 2 is 2.10 bits per heavy atom. The van der Waals surface area contributed by atoms with Crippen LogP contribution in [-0.2, 0) is 9.59 Å². The number of likely N-dealkylation sites (N-methyl/N-ethyl adjacent to an activating group) is 1. The Labute approximate surface area is 181 Å². The van der Waals surface area contributed by atoms with Gasteiger partial charge in [-0.2, -0.15) is 10.2 Å². The van der Waals surface area contributed by atoms with Gasteiger partial charge in [-0.3, -0.25) is 19.9 Å². The minimum Gasteiger partial charge on any atom is -0.505 e. The molecule has 0 aromatic heterocycles. The summed E-state index contributed by atoms with van der Waals surface area (Å²) in [7, 11) is 0. The maximum absolute atomic E-state index is 12.8. The van der Waals surface area contributed by atoms with Gasteiger partial charge in [0.1, 0.15) is 5.75 Å². The van der Waals surface area contributed by atoms with Crippen molar-refractivity contribution in [1.82, 2.24) is 9.91 Å². The van der Waals surface area contributed by atoms with Gasteiger partial charge >= 0.3 is 5.97 Å². The topological polar surface area (TPSA) is 118 Å². The third kappa shape index (κ3) is 4.14. The number of carbonyl (C=O) groups is 2. The second-order valence-electron chi connectivity index (χ2n) is 8.56. The van der Waals surface area contributed by atoms with Crippen LogP contribution in [0, 0.1) is 5.92 Å². The lowest BCUT2D eigenvalue weighted by Crippen LogP contribution is -2.58. The summed E-state index contributed by atoms with van der Waals surface area (Å²) in [6, 6.07) is 5.39. The molecule has 1 aliphatic carbocycles. The number of likely N-dealkylation sites (tertiary alicyclic amines) is 1. The predicted octanol–water partition coefficient (Wildman–Crippen LogP) is 2.44. The Morgan fingerprint density at radius 3 is 2.81 bits per heavy atom. The summed E-state index contributed by atoms with van der Waals surface area (Å²) in [6.07, 6.45) is 2.84. The van der Waals surface area contributed by atoms with Gasteiger partial charge in [-0.05, 0) is 50.3 Å². The molecule has 9 nitrogen and oxygen atoms in total. The van der Waals surface area contributed by atoms with Crippen LogP contribution >= 0.6 is 0 Å². The summed E-state index contributed by atoms with van der Waals surface area (Å²) >= 11 is 0. The molecule has 1 aromatic rings. The second-order valence-corrected chi connectivity index (χ2v) is 8.56. The molecule has 2 heterocycles. The maximum Gasteiger partial charge on any atom is 0.306 e. The molecule has 2 aliphatic heterocycles. The normalized spacial score (nSPS) is 26.1. The first-order valence-corrected chi connectivity index (χ1v) is 10.9. The van der Waals surface area contributed by atoms with Gasteiger partial charge in [0.05, 0.1) is 23.4 Å². The van der Waals surface area contributed by atoms with Gasteiger partial charge in [0, 0.05) is 13.1 Å². The van der Waals surface area contributed by atoms with E-state index in [0.717, 1.165) is 38.0 Å². The molecule has 0 bridgehead atoms. The number of carboxylic acids is 1. The fourth-order valence-electron chi connectivity index (χ4n) is 4.64. The molecule has 9 heteroatoms. The van der Waals surface area contributed by atoms with E-state index in [1.54, 1.807) is 19.1 Å². The van der Waals surface area contributed by atoms with Gasteiger partial charge < -0.3 is 10.2 Å². The van der Waals surface area contributed by atoms with E-state index >= 15 is 0 Å². The Hall–Kier alpha value is -2.94. The first-order chi connectivity index (χ1) is 14.9. The highest BCUT2D eigenvalue weighted by atomic mass is 16.4. The van der Waals surface area contributed by atoms with Crippen molar-refractivity contribution in [3.63, 3.8) is 0 Å². The number of nitrogens with zero attached hydrogens (tertiary/aromatic N) is 4. The smallest absolute Gasteiger partial charge is 0.306 e. The molecule has 4 rings (SSSR count). The van der Waals surface area contributed by atoms with Crippen LogP contribution in [0.5, 0.6) is 5.75 Å². The van der Waals surface area contributed by atoms with Gasteiger partial charge in [-0.1, -0.05) is 25.5 Å². The van der Waals surface area contributed by atoms with Crippen LogP contribution in [0.2, 0.25) is 0 Å². The summed E-state index contributed by atoms with van der Waals surface area (Å²) in [4.78, 5) is 26.4. The molecular formula is C22H29N5O4. The van der Waals surface area contributed by atoms with E-state index in [-0.39, 0.29) is 35.2 Å². The van der Waals surface area contributed by atoms with Crippen LogP contribution in [0.3, 0.4) is 0 Å². The highest BCUT2D eigenvalue weighted by molar-refractivity contribution is 6.68. The predicted molar refractivity (Wildman–Crippen MR) is 117 cm³/mol. The summed E-state index contributed by atoms with van der Waals surface area (Å²) in [5, 5.41) is 30.3. The Kier molecular flexibility index (Phi) is 5.95. The molecule has 1 amide bonds. The number of amides is 1. The lowest BCUT2D eigenvalue weighted by molar-refractivity contribution is -0.143. The highest BCUT2D eigenvalue weighted by Crippen LogP contribution is 2.42. The summed E-state index contributed by atoms with van der Waals surface area (Å²) in [6.45, 7) is 6.40. The van der Waals surface area contributed by atoms with E-state index in [0.29, 0.717) is 24.2 Å². The molecule has 1 saturated heterocycles. The van der Waals surface area contributed by atoms with Crippen LogP contribution in [0.25, 0.3) is 0 Å². The van der Waals surface area contributed by atoms with E-state index in [4.69, 9.17) is 0 Å². The van der Waals surface area contributed by atoms with Gasteiger partial charge in [0.15, 0.2) is 5.71 Å². The number of aliphatic carboxylic acids is 1. The zero-order valence-electron chi connectivity index (χ0n) is 17.9. The molecular weight excluding hydrogens is 398 g/mol. The van der Waals surface area contributed by atoms with Crippen LogP contribution in [0.15, 0.2) is 28.4 Å². The number of rotatable bonds is 6. The van der Waals surface area contributed by atoms with Crippen molar-refractivity contribution in [2.24, 2.45) is 16.1 Å². The molecule has 31 heavy (non-hydrogen) atoms. The van der Waals surface area contributed by atoms with Gasteiger partial charge in [-0.15, -0.1) is 0 Å². The molecule has 2 atom stereocenters. The van der Waals surface area contributed by atoms with Gasteiger partial charge in [0.25, 0.3) is 5.91 Å². The summed E-state index contributed by atoms with van der Waals surface area (Å²) < 4.78 is 0. The quantitative estimate of drug-likeness (QED) is 0.474. The average molecular weight is 428 g/mol. The standard InChI is InChI=1S/C22H29N5O4/c1-3-26-11-16(12-26)27-21(29)19(13(2)25-27)24-23-18-9-5-8-17(20(18)28)14-6-4-7-15(10-14)22(30)31/h5,8-9,14-16,23,28H,3-4,6-7,10-12H2,1-2H3,(H,30,31). The number of para-hydroxylation sites is 1. The molecule has 3 N–H and O–H groups in total. The van der Waals surface area contributed by atoms with Crippen LogP contribution in [-0.4, -0.2) is 69.1 Å². The molecule has 1 aromatic carbocycles. The monoisotopic (exact) mass is 427 g/mol. The van der Waals surface area contributed by atoms with Crippen molar-refractivity contribution >= 4 is 29.0 Å². The number of hydrogen-bond donors (Lipinski definition) is 3. The molecule has 0 radical (unpaired) electrons. The van der Waals surface area contributed by atoms with Gasteiger partial charge in [-0.25, -0.2) is 5.01 Å². The Bertz CT molecular complexity index is 938. The van der Waals surface area contributed by atoms with Crippen molar-refractivity contribution in [1.29, 1.82) is 0 Å². The zero-order valence-corrected chi connectivity index (χ0v) is 17.9. The van der Waals surface area contributed by atoms with Crippen molar-refractivity contribution < 1.29 is 19.8 Å². The molecule has 2 unspecified atom stereocenters. The van der Waals surface area contributed by atoms with E-state index in [1.165, 1.54) is 5.01 Å². The van der Waals surface area contributed by atoms with Gasteiger partial charge in [0.2, 0.25) is 0 Å². The largest absolute Gasteiger partial charge is 0.505 e. The van der Waals surface area contributed by atoms with Crippen LogP contribution in [0.1, 0.15) is 51.0 Å². The summed E-state index contributed by atoms with van der Waals surface area (Å²) in [5.74, 6) is -1.37. The number of benzene rings is 1. The third-order valence-corrected chi connectivity index (χ3v) is 6.56. The molecule has 3 aliphatic rings. The molecule has 2 fully saturated rings. The lowest BCUT2D eigenvalue weighted by Gasteiger charge is -2.41. The van der Waals surface area contributed by atoms with Crippen molar-refractivity contribution in [2.45, 2.75) is 51.5 Å². The Morgan fingerprint density at radius 1 is 1.32 bits per heavy atom. The van der Waals surface area contributed by atoms with E-state index in [1.807, 2.05) is 6.07 Å². The zero-order chi connectivity index (χ0) is 22.1. The SMILES string of the molecule is CCN1CC(N2N=C(C)C(=NNc3cccc(C4CCCC(C(=O)O)C4)c3O)C2=O)C1. The maximum atomic E-state index is 12.8. The third-order valence-electron chi connectivity index (χ3n) is 6.56. The van der Waals surface area contributed by atoms with Crippen LogP contribution < -0.4 is 5.43 Å². The number of carbonyl (C=O) groups excluding carboxylic acids is 1. The number of nitrogens with one attached hydrogen (secondary N) is 1. The molecule has 1 saturated carbocycles. The minimum atomic E-state index is -0.780. The first kappa shape index (κ1) is 21.3. The number of aromatic hydroxyl groups is 1. The average Bonchev–Trinajstić information content (AvgIpc) is 3.00. The minimum absolute atomic E-state index is 0.0173. The fraction of sp³-hybridized carbons (Fsp3) is 0.545. The number of phenolic OH excluding ortho intramolecular Hbond substituents is 1. The van der Waals surface area contributed by atoms with Crippen LogP contribution in [0.4, 0.5) is 5.69 Å². The number of carboxylic acid groups (broad SMARTS) is 1. The summed E-state index contributed by atoms with van der Waals surface area (Å²) in [5.41, 5.74) is 4.72. The van der Waals surface area contributed by atoms with E-state index in [2.05, 4.69) is 27.5 Å². The Balaban J connectivity index is 1.47. The van der Waals surface area contributed by atoms with Crippen molar-refractivity contribution in [3.05, 3.63) is 23.8 Å². The first-order valence-electron chi connectivity index (χ1n) is 10.9. The number of phenols is 1. The fourth-order valence-corrected chi connectivity index (χ4v) is 4.64. The number of hydrogen-bond acceptors (Lipinski definition) is 7. The van der Waals surface area contributed by atoms with Crippen molar-refractivity contribution in [3.8, 4) is 5.75 Å². The van der Waals surface area contributed by atoms with E-state index in [9.17, 15) is 19.8 Å². The lowest BCUT2D eigenvalue weighted by atomic mass is 9.77. The van der Waals surface area contributed by atoms with Crippen molar-refractivity contribution in [2.75, 3.05) is 25.1 Å². The second kappa shape index (κ2) is 8.66. The molecule has 166 valence electrons. The number of anilines is 1. The number of hydrazone groups is 2. The highest BCUT2D eigenvalue weighted by Gasteiger charge is 2.40. The van der Waals surface area contributed by atoms with E-state index < -0.39 is 5.97 Å². The molecule has 0 spiro atoms.